The lowest BCUT2D eigenvalue weighted by molar-refractivity contribution is 0.626. The lowest BCUT2D eigenvalue weighted by atomic mass is 10.0. The summed E-state index contributed by atoms with van der Waals surface area (Å²) in [6, 6.07) is 6.63. The Balaban J connectivity index is 2.89. The first-order valence-corrected chi connectivity index (χ1v) is 3.45. The Morgan fingerprint density at radius 1 is 1.10 bits per heavy atom. The molecule has 10 heavy (non-hydrogen) atoms. The molecule has 0 aliphatic heterocycles. The molecule has 1 rings (SSSR count). The van der Waals surface area contributed by atoms with Gasteiger partial charge in [-0.3, -0.25) is 0 Å². The molecule has 0 aliphatic rings. The zero-order chi connectivity index (χ0) is 7.56. The van der Waals surface area contributed by atoms with E-state index in [1.165, 1.54) is 17.7 Å². The molecule has 0 heterocycles. The highest BCUT2D eigenvalue weighted by Crippen LogP contribution is 2.13. The first-order valence-electron chi connectivity index (χ1n) is 3.45. The van der Waals surface area contributed by atoms with Gasteiger partial charge >= 0.3 is 0 Å². The molecule has 1 heteroatoms. The molecule has 0 bridgehead atoms. The van der Waals surface area contributed by atoms with Gasteiger partial charge in [-0.1, -0.05) is 26.0 Å². The van der Waals surface area contributed by atoms with Crippen LogP contribution in [0, 0.1) is 5.82 Å². The largest absolute Gasteiger partial charge is 0.207 e. The van der Waals surface area contributed by atoms with Gasteiger partial charge in [0.2, 0.25) is 0 Å². The second-order valence-electron chi connectivity index (χ2n) is 2.71. The Labute approximate surface area is 60.7 Å². The number of hydrogen-bond acceptors (Lipinski definition) is 0. The van der Waals surface area contributed by atoms with Crippen molar-refractivity contribution in [3.63, 3.8) is 0 Å². The van der Waals surface area contributed by atoms with Crippen molar-refractivity contribution in [2.45, 2.75) is 19.8 Å². The second kappa shape index (κ2) is 2.82. The van der Waals surface area contributed by atoms with Crippen LogP contribution in [-0.4, -0.2) is 0 Å². The minimum atomic E-state index is -0.163. The SMILES string of the molecule is CC(C)c1ccc(F)cc1. The molecule has 0 fully saturated rings. The van der Waals surface area contributed by atoms with Gasteiger partial charge in [-0.05, 0) is 23.6 Å². The van der Waals surface area contributed by atoms with Crippen molar-refractivity contribution in [2.24, 2.45) is 0 Å². The van der Waals surface area contributed by atoms with Crippen LogP contribution >= 0.6 is 0 Å². The lowest BCUT2D eigenvalue weighted by Crippen LogP contribution is -1.85. The van der Waals surface area contributed by atoms with Crippen LogP contribution in [-0.2, 0) is 0 Å². The van der Waals surface area contributed by atoms with E-state index < -0.39 is 0 Å². The summed E-state index contributed by atoms with van der Waals surface area (Å²) in [5.74, 6) is 0.324. The van der Waals surface area contributed by atoms with Crippen LogP contribution < -0.4 is 0 Å². The van der Waals surface area contributed by atoms with Crippen LogP contribution in [0.3, 0.4) is 0 Å². The maximum Gasteiger partial charge on any atom is 0.123 e. The van der Waals surface area contributed by atoms with E-state index in [9.17, 15) is 4.39 Å². The van der Waals surface area contributed by atoms with E-state index in [1.54, 1.807) is 0 Å². The zero-order valence-corrected chi connectivity index (χ0v) is 6.26. The third-order valence-corrected chi connectivity index (χ3v) is 1.54. The molecule has 54 valence electrons. The predicted molar refractivity (Wildman–Crippen MR) is 40.5 cm³/mol. The van der Waals surface area contributed by atoms with Crippen LogP contribution in [0.2, 0.25) is 0 Å². The van der Waals surface area contributed by atoms with E-state index in [2.05, 4.69) is 13.8 Å². The molecule has 0 saturated carbocycles. The fourth-order valence-electron chi connectivity index (χ4n) is 0.848. The summed E-state index contributed by atoms with van der Waals surface area (Å²) in [6.07, 6.45) is 0. The van der Waals surface area contributed by atoms with Gasteiger partial charge in [0, 0.05) is 0 Å². The average Bonchev–Trinajstić information content (AvgIpc) is 1.88. The van der Waals surface area contributed by atoms with Crippen LogP contribution in [0.5, 0.6) is 0 Å². The lowest BCUT2D eigenvalue weighted by Gasteiger charge is -2.02. The fraction of sp³-hybridized carbons (Fsp3) is 0.333. The Morgan fingerprint density at radius 3 is 2.00 bits per heavy atom. The van der Waals surface area contributed by atoms with Gasteiger partial charge in [-0.2, -0.15) is 0 Å². The summed E-state index contributed by atoms with van der Waals surface area (Å²) in [5.41, 5.74) is 1.18. The highest BCUT2D eigenvalue weighted by molar-refractivity contribution is 5.18. The van der Waals surface area contributed by atoms with Crippen LogP contribution in [0.1, 0.15) is 25.3 Å². The molecule has 1 aromatic carbocycles. The van der Waals surface area contributed by atoms with Crippen molar-refractivity contribution in [1.29, 1.82) is 0 Å². The summed E-state index contributed by atoms with van der Waals surface area (Å²) < 4.78 is 12.4. The van der Waals surface area contributed by atoms with Gasteiger partial charge in [-0.25, -0.2) is 4.39 Å². The van der Waals surface area contributed by atoms with Gasteiger partial charge < -0.3 is 0 Å². The predicted octanol–water partition coefficient (Wildman–Crippen LogP) is 2.95. The molecule has 0 amide bonds. The van der Waals surface area contributed by atoms with Gasteiger partial charge in [0.05, 0.1) is 0 Å². The van der Waals surface area contributed by atoms with Crippen molar-refractivity contribution in [2.75, 3.05) is 0 Å². The van der Waals surface area contributed by atoms with E-state index in [0.29, 0.717) is 5.92 Å². The number of hydrogen-bond donors (Lipinski definition) is 0. The molecule has 0 radical (unpaired) electrons. The minimum Gasteiger partial charge on any atom is -0.207 e. The van der Waals surface area contributed by atoms with E-state index in [-0.39, 0.29) is 5.82 Å². The Hall–Kier alpha value is -0.850. The summed E-state index contributed by atoms with van der Waals surface area (Å²) in [6.45, 7) is 4.18. The monoisotopic (exact) mass is 138 g/mol. The van der Waals surface area contributed by atoms with Crippen LogP contribution in [0.25, 0.3) is 0 Å². The van der Waals surface area contributed by atoms with Gasteiger partial charge in [0.15, 0.2) is 0 Å². The summed E-state index contributed by atoms with van der Waals surface area (Å²) in [4.78, 5) is 0. The molecule has 1 aromatic rings. The molecular weight excluding hydrogens is 127 g/mol. The van der Waals surface area contributed by atoms with E-state index in [1.807, 2.05) is 12.1 Å². The average molecular weight is 138 g/mol. The van der Waals surface area contributed by atoms with E-state index >= 15 is 0 Å². The topological polar surface area (TPSA) is 0 Å². The third-order valence-electron chi connectivity index (χ3n) is 1.54. The minimum absolute atomic E-state index is 0.163. The van der Waals surface area contributed by atoms with Crippen molar-refractivity contribution in [3.05, 3.63) is 35.6 Å². The van der Waals surface area contributed by atoms with E-state index in [0.717, 1.165) is 0 Å². The molecule has 0 nitrogen and oxygen atoms in total. The summed E-state index contributed by atoms with van der Waals surface area (Å²) in [5, 5.41) is 0. The quantitative estimate of drug-likeness (QED) is 0.559. The summed E-state index contributed by atoms with van der Waals surface area (Å²) >= 11 is 0. The Bertz CT molecular complexity index is 198. The van der Waals surface area contributed by atoms with Gasteiger partial charge in [0.25, 0.3) is 0 Å². The molecule has 0 atom stereocenters. The van der Waals surface area contributed by atoms with Gasteiger partial charge in [0.1, 0.15) is 5.82 Å². The maximum absolute atomic E-state index is 12.4. The van der Waals surface area contributed by atoms with E-state index in [4.69, 9.17) is 0 Å². The number of benzene rings is 1. The first kappa shape index (κ1) is 7.26. The highest BCUT2D eigenvalue weighted by atomic mass is 19.1. The fourth-order valence-corrected chi connectivity index (χ4v) is 0.848. The highest BCUT2D eigenvalue weighted by Gasteiger charge is 1.96. The molecule has 0 aromatic heterocycles. The van der Waals surface area contributed by atoms with Crippen LogP contribution in [0.4, 0.5) is 4.39 Å². The first-order chi connectivity index (χ1) is 4.70. The second-order valence-corrected chi connectivity index (χ2v) is 2.71. The normalized spacial score (nSPS) is 10.4. The molecule has 0 saturated heterocycles. The smallest absolute Gasteiger partial charge is 0.123 e. The van der Waals surface area contributed by atoms with Crippen LogP contribution in [0.15, 0.2) is 24.3 Å². The zero-order valence-electron chi connectivity index (χ0n) is 6.26. The molecule has 0 aliphatic carbocycles. The Kier molecular flexibility index (Phi) is 2.05. The van der Waals surface area contributed by atoms with Gasteiger partial charge in [-0.15, -0.1) is 0 Å². The number of halogens is 1. The van der Waals surface area contributed by atoms with Crippen molar-refractivity contribution < 1.29 is 4.39 Å². The van der Waals surface area contributed by atoms with Crippen molar-refractivity contribution in [3.8, 4) is 0 Å². The summed E-state index contributed by atoms with van der Waals surface area (Å²) in [7, 11) is 0. The molecular formula is C9H11F. The molecule has 0 spiro atoms. The van der Waals surface area contributed by atoms with Crippen molar-refractivity contribution in [1.82, 2.24) is 0 Å². The van der Waals surface area contributed by atoms with Crippen molar-refractivity contribution >= 4 is 0 Å². The Morgan fingerprint density at radius 2 is 1.60 bits per heavy atom. The number of rotatable bonds is 1. The maximum atomic E-state index is 12.4. The molecule has 0 unspecified atom stereocenters. The third kappa shape index (κ3) is 1.56. The standard InChI is InChI=1S/C9H11F/c1-7(2)8-3-5-9(10)6-4-8/h3-7H,1-2H3. The molecule has 0 N–H and O–H groups in total.